The number of fused-ring (bicyclic) bond motifs is 1. The zero-order valence-corrected chi connectivity index (χ0v) is 17.7. The first-order chi connectivity index (χ1) is 14.7. The molecule has 0 saturated heterocycles. The lowest BCUT2D eigenvalue weighted by molar-refractivity contribution is -0.137. The molecule has 0 aliphatic rings. The topological polar surface area (TPSA) is 46.1 Å². The van der Waals surface area contributed by atoms with Crippen LogP contribution >= 0.6 is 22.9 Å². The molecule has 2 heterocycles. The highest BCUT2D eigenvalue weighted by atomic mass is 35.5. The van der Waals surface area contributed by atoms with Gasteiger partial charge in [-0.25, -0.2) is 4.98 Å². The zero-order valence-electron chi connectivity index (χ0n) is 16.2. The fraction of sp³-hybridized carbons (Fsp3) is 0.136. The van der Waals surface area contributed by atoms with Crippen LogP contribution in [0.25, 0.3) is 10.2 Å². The largest absolute Gasteiger partial charge is 0.416 e. The van der Waals surface area contributed by atoms with Crippen molar-refractivity contribution in [2.75, 3.05) is 4.90 Å². The summed E-state index contributed by atoms with van der Waals surface area (Å²) in [5.41, 5.74) is 1.03. The third-order valence-corrected chi connectivity index (χ3v) is 6.15. The summed E-state index contributed by atoms with van der Waals surface area (Å²) in [7, 11) is 0. The average molecular weight is 462 g/mol. The molecule has 0 radical (unpaired) electrons. The van der Waals surface area contributed by atoms with E-state index in [9.17, 15) is 18.0 Å². The van der Waals surface area contributed by atoms with E-state index in [2.05, 4.69) is 9.97 Å². The molecule has 4 rings (SSSR count). The highest BCUT2D eigenvalue weighted by Crippen LogP contribution is 2.35. The Morgan fingerprint density at radius 1 is 1.13 bits per heavy atom. The van der Waals surface area contributed by atoms with Gasteiger partial charge in [0.25, 0.3) is 5.91 Å². The fourth-order valence-corrected chi connectivity index (χ4v) is 4.24. The fourth-order valence-electron chi connectivity index (χ4n) is 3.07. The second-order valence-electron chi connectivity index (χ2n) is 6.81. The number of hydrogen-bond acceptors (Lipinski definition) is 4. The number of anilines is 1. The number of rotatable bonds is 4. The van der Waals surface area contributed by atoms with E-state index in [1.54, 1.807) is 36.5 Å². The van der Waals surface area contributed by atoms with Gasteiger partial charge in [-0.2, -0.15) is 13.2 Å². The number of aromatic nitrogens is 2. The summed E-state index contributed by atoms with van der Waals surface area (Å²) < 4.78 is 40.3. The van der Waals surface area contributed by atoms with E-state index in [1.807, 2.05) is 6.92 Å². The van der Waals surface area contributed by atoms with Gasteiger partial charge in [0, 0.05) is 16.8 Å². The molecule has 0 spiro atoms. The van der Waals surface area contributed by atoms with Crippen LogP contribution < -0.4 is 4.90 Å². The molecule has 1 amide bonds. The number of pyridine rings is 1. The molecule has 4 aromatic rings. The number of thiazole rings is 1. The lowest BCUT2D eigenvalue weighted by Crippen LogP contribution is -2.31. The van der Waals surface area contributed by atoms with Crippen LogP contribution in [0, 0.1) is 6.92 Å². The molecule has 4 nitrogen and oxygen atoms in total. The minimum Gasteiger partial charge on any atom is -0.278 e. The summed E-state index contributed by atoms with van der Waals surface area (Å²) in [5.74, 6) is -0.598. The Bertz CT molecular complexity index is 1260. The standard InChI is InChI=1S/C22H15ClF3N3OS/c1-13-17(23)8-9-18-19(13)28-21(31-18)29(12-16-7-2-3-10-27-16)20(30)14-5-4-6-15(11-14)22(24,25)26/h2-11H,12H2,1H3. The number of halogens is 4. The minimum absolute atomic E-state index is 0.0581. The third-order valence-electron chi connectivity index (χ3n) is 4.70. The van der Waals surface area contributed by atoms with E-state index in [4.69, 9.17) is 11.6 Å². The molecule has 158 valence electrons. The Balaban J connectivity index is 1.80. The lowest BCUT2D eigenvalue weighted by atomic mass is 10.1. The van der Waals surface area contributed by atoms with Gasteiger partial charge in [-0.05, 0) is 55.0 Å². The Morgan fingerprint density at radius 3 is 2.65 bits per heavy atom. The van der Waals surface area contributed by atoms with E-state index in [0.717, 1.165) is 22.4 Å². The van der Waals surface area contributed by atoms with Gasteiger partial charge < -0.3 is 0 Å². The first-order valence-corrected chi connectivity index (χ1v) is 10.4. The number of benzene rings is 2. The van der Waals surface area contributed by atoms with Gasteiger partial charge in [0.1, 0.15) is 0 Å². The quantitative estimate of drug-likeness (QED) is 0.347. The van der Waals surface area contributed by atoms with Crippen molar-refractivity contribution in [2.24, 2.45) is 0 Å². The van der Waals surface area contributed by atoms with E-state index in [-0.39, 0.29) is 12.1 Å². The van der Waals surface area contributed by atoms with Crippen molar-refractivity contribution in [1.29, 1.82) is 0 Å². The normalized spacial score (nSPS) is 11.6. The second kappa shape index (κ2) is 8.28. The average Bonchev–Trinajstić information content (AvgIpc) is 3.19. The number of hydrogen-bond donors (Lipinski definition) is 0. The summed E-state index contributed by atoms with van der Waals surface area (Å²) in [6, 6.07) is 13.2. The molecule has 0 aliphatic heterocycles. The van der Waals surface area contributed by atoms with E-state index >= 15 is 0 Å². The summed E-state index contributed by atoms with van der Waals surface area (Å²) in [6.45, 7) is 1.88. The maximum atomic E-state index is 13.3. The van der Waals surface area contributed by atoms with Gasteiger partial charge in [0.15, 0.2) is 5.13 Å². The molecular formula is C22H15ClF3N3OS. The number of nitrogens with zero attached hydrogens (tertiary/aromatic N) is 3. The van der Waals surface area contributed by atoms with E-state index < -0.39 is 17.6 Å². The molecule has 0 bridgehead atoms. The van der Waals surface area contributed by atoms with Crippen LogP contribution in [0.5, 0.6) is 0 Å². The van der Waals surface area contributed by atoms with Crippen LogP contribution in [0.4, 0.5) is 18.3 Å². The molecule has 31 heavy (non-hydrogen) atoms. The minimum atomic E-state index is -4.55. The highest BCUT2D eigenvalue weighted by molar-refractivity contribution is 7.22. The van der Waals surface area contributed by atoms with Gasteiger partial charge in [0.05, 0.1) is 28.0 Å². The Kier molecular flexibility index (Phi) is 5.68. The smallest absolute Gasteiger partial charge is 0.278 e. The van der Waals surface area contributed by atoms with Crippen LogP contribution in [0.3, 0.4) is 0 Å². The molecule has 9 heteroatoms. The number of amides is 1. The highest BCUT2D eigenvalue weighted by Gasteiger charge is 2.32. The van der Waals surface area contributed by atoms with Crippen molar-refractivity contribution in [3.05, 3.63) is 88.2 Å². The molecule has 0 saturated carbocycles. The Labute approximate surface area is 184 Å². The predicted octanol–water partition coefficient (Wildman–Crippen LogP) is 6.52. The first kappa shape index (κ1) is 21.3. The molecule has 0 aliphatic carbocycles. The molecule has 0 N–H and O–H groups in total. The molecule has 0 fully saturated rings. The summed E-state index contributed by atoms with van der Waals surface area (Å²) in [5, 5.41) is 0.901. The number of aryl methyl sites for hydroxylation is 1. The van der Waals surface area contributed by atoms with E-state index in [1.165, 1.54) is 28.4 Å². The maximum absolute atomic E-state index is 13.3. The zero-order chi connectivity index (χ0) is 22.2. The molecule has 0 unspecified atom stereocenters. The van der Waals surface area contributed by atoms with Crippen molar-refractivity contribution in [3.8, 4) is 0 Å². The summed E-state index contributed by atoms with van der Waals surface area (Å²) in [4.78, 5) is 23.5. The van der Waals surface area contributed by atoms with E-state index in [0.29, 0.717) is 21.4 Å². The molecule has 0 atom stereocenters. The SMILES string of the molecule is Cc1c(Cl)ccc2sc(N(Cc3ccccn3)C(=O)c3cccc(C(F)(F)F)c3)nc12. The van der Waals surface area contributed by atoms with Gasteiger partial charge in [-0.1, -0.05) is 35.1 Å². The van der Waals surface area contributed by atoms with Gasteiger partial charge >= 0.3 is 6.18 Å². The van der Waals surface area contributed by atoms with Crippen LogP contribution in [0.15, 0.2) is 60.8 Å². The first-order valence-electron chi connectivity index (χ1n) is 9.19. The molecular weight excluding hydrogens is 447 g/mol. The summed E-state index contributed by atoms with van der Waals surface area (Å²) in [6.07, 6.45) is -2.96. The maximum Gasteiger partial charge on any atom is 0.416 e. The summed E-state index contributed by atoms with van der Waals surface area (Å²) >= 11 is 7.46. The molecule has 2 aromatic carbocycles. The van der Waals surface area contributed by atoms with Crippen molar-refractivity contribution >= 4 is 44.2 Å². The lowest BCUT2D eigenvalue weighted by Gasteiger charge is -2.20. The third kappa shape index (κ3) is 4.40. The predicted molar refractivity (Wildman–Crippen MR) is 116 cm³/mol. The van der Waals surface area contributed by atoms with Gasteiger partial charge in [-0.15, -0.1) is 0 Å². The molecule has 2 aromatic heterocycles. The number of carbonyl (C=O) groups excluding carboxylic acids is 1. The monoisotopic (exact) mass is 461 g/mol. The van der Waals surface area contributed by atoms with Crippen molar-refractivity contribution in [2.45, 2.75) is 19.6 Å². The van der Waals surface area contributed by atoms with Gasteiger partial charge in [-0.3, -0.25) is 14.7 Å². The number of alkyl halides is 3. The van der Waals surface area contributed by atoms with Crippen LogP contribution in [-0.2, 0) is 12.7 Å². The Hall–Kier alpha value is -2.97. The van der Waals surface area contributed by atoms with Crippen molar-refractivity contribution < 1.29 is 18.0 Å². The number of carbonyl (C=O) groups is 1. The van der Waals surface area contributed by atoms with Crippen LogP contribution in [-0.4, -0.2) is 15.9 Å². The van der Waals surface area contributed by atoms with Crippen molar-refractivity contribution in [1.82, 2.24) is 9.97 Å². The van der Waals surface area contributed by atoms with Crippen LogP contribution in [0.1, 0.15) is 27.2 Å². The second-order valence-corrected chi connectivity index (χ2v) is 8.22. The van der Waals surface area contributed by atoms with Gasteiger partial charge in [0.2, 0.25) is 0 Å². The Morgan fingerprint density at radius 2 is 1.94 bits per heavy atom. The van der Waals surface area contributed by atoms with Crippen LogP contribution in [0.2, 0.25) is 5.02 Å². The van der Waals surface area contributed by atoms with Crippen molar-refractivity contribution in [3.63, 3.8) is 0 Å².